The van der Waals surface area contributed by atoms with Gasteiger partial charge in [0.15, 0.2) is 0 Å². The van der Waals surface area contributed by atoms with Crippen molar-refractivity contribution in [1.82, 2.24) is 5.32 Å². The average Bonchev–Trinajstić information content (AvgIpc) is 2.68. The van der Waals surface area contributed by atoms with E-state index in [4.69, 9.17) is 23.2 Å². The van der Waals surface area contributed by atoms with Crippen LogP contribution in [-0.4, -0.2) is 5.11 Å². The van der Waals surface area contributed by atoms with Gasteiger partial charge in [0, 0.05) is 12.1 Å². The van der Waals surface area contributed by atoms with E-state index < -0.39 is 0 Å². The Labute approximate surface area is 127 Å². The molecule has 2 unspecified atom stereocenters. The van der Waals surface area contributed by atoms with Crippen molar-refractivity contribution in [3.63, 3.8) is 0 Å². The predicted octanol–water partition coefficient (Wildman–Crippen LogP) is 5.17. The number of halogens is 2. The van der Waals surface area contributed by atoms with E-state index in [2.05, 4.69) is 5.32 Å². The summed E-state index contributed by atoms with van der Waals surface area (Å²) in [6.07, 6.45) is 0. The summed E-state index contributed by atoms with van der Waals surface area (Å²) < 4.78 is 1.41. The number of aromatic hydroxyl groups is 1. The zero-order valence-electron chi connectivity index (χ0n) is 10.7. The first-order valence-corrected chi connectivity index (χ1v) is 7.54. The van der Waals surface area contributed by atoms with E-state index in [1.54, 1.807) is 12.1 Å². The van der Waals surface area contributed by atoms with E-state index in [-0.39, 0.29) is 17.8 Å². The maximum Gasteiger partial charge on any atom is 0.115 e. The summed E-state index contributed by atoms with van der Waals surface area (Å²) in [5, 5.41) is 12.9. The second-order valence-corrected chi connectivity index (χ2v) is 6.77. The minimum atomic E-state index is 0.0913. The van der Waals surface area contributed by atoms with Crippen LogP contribution in [0.2, 0.25) is 8.67 Å². The zero-order valence-corrected chi connectivity index (χ0v) is 13.0. The minimum Gasteiger partial charge on any atom is -0.508 e. The molecule has 0 fully saturated rings. The van der Waals surface area contributed by atoms with E-state index in [1.165, 1.54) is 11.3 Å². The number of benzene rings is 1. The second kappa shape index (κ2) is 6.14. The SMILES string of the molecule is CC(NC(C)c1cc(Cl)sc1Cl)c1cccc(O)c1. The Balaban J connectivity index is 2.10. The van der Waals surface area contributed by atoms with E-state index in [9.17, 15) is 5.11 Å². The maximum atomic E-state index is 9.50. The molecule has 0 bridgehead atoms. The Bertz CT molecular complexity index is 570. The van der Waals surface area contributed by atoms with Gasteiger partial charge < -0.3 is 10.4 Å². The highest BCUT2D eigenvalue weighted by Gasteiger charge is 2.16. The third kappa shape index (κ3) is 3.63. The van der Waals surface area contributed by atoms with Crippen LogP contribution in [0.4, 0.5) is 0 Å². The first-order valence-electron chi connectivity index (χ1n) is 5.97. The lowest BCUT2D eigenvalue weighted by Gasteiger charge is -2.20. The van der Waals surface area contributed by atoms with Gasteiger partial charge in [-0.05, 0) is 43.2 Å². The Morgan fingerprint density at radius 1 is 1.16 bits per heavy atom. The molecule has 102 valence electrons. The summed E-state index contributed by atoms with van der Waals surface area (Å²) in [7, 11) is 0. The van der Waals surface area contributed by atoms with E-state index in [0.29, 0.717) is 8.67 Å². The molecule has 0 radical (unpaired) electrons. The lowest BCUT2D eigenvalue weighted by Crippen LogP contribution is -2.22. The third-order valence-corrected chi connectivity index (χ3v) is 4.54. The number of thiophene rings is 1. The molecule has 5 heteroatoms. The van der Waals surface area contributed by atoms with Gasteiger partial charge in [-0.15, -0.1) is 11.3 Å². The van der Waals surface area contributed by atoms with Crippen LogP contribution in [0.5, 0.6) is 5.75 Å². The van der Waals surface area contributed by atoms with Gasteiger partial charge in [0.25, 0.3) is 0 Å². The molecule has 0 aliphatic carbocycles. The molecular weight excluding hydrogens is 301 g/mol. The molecule has 0 saturated heterocycles. The van der Waals surface area contributed by atoms with Crippen molar-refractivity contribution in [1.29, 1.82) is 0 Å². The highest BCUT2D eigenvalue weighted by molar-refractivity contribution is 7.20. The first kappa shape index (κ1) is 14.7. The number of rotatable bonds is 4. The normalized spacial score (nSPS) is 14.3. The number of phenols is 1. The van der Waals surface area contributed by atoms with E-state index in [1.807, 2.05) is 32.0 Å². The largest absolute Gasteiger partial charge is 0.508 e. The molecule has 1 aromatic heterocycles. The fraction of sp³-hybridized carbons (Fsp3) is 0.286. The third-order valence-electron chi connectivity index (χ3n) is 3.02. The van der Waals surface area contributed by atoms with Gasteiger partial charge in [0.05, 0.1) is 8.67 Å². The first-order chi connectivity index (χ1) is 8.97. The van der Waals surface area contributed by atoms with Gasteiger partial charge in [0.1, 0.15) is 5.75 Å². The molecule has 1 aromatic carbocycles. The van der Waals surface area contributed by atoms with Gasteiger partial charge in [0.2, 0.25) is 0 Å². The van der Waals surface area contributed by atoms with Crippen LogP contribution < -0.4 is 5.32 Å². The summed E-state index contributed by atoms with van der Waals surface area (Å²) in [4.78, 5) is 0. The monoisotopic (exact) mass is 315 g/mol. The predicted molar refractivity (Wildman–Crippen MR) is 82.4 cm³/mol. The fourth-order valence-electron chi connectivity index (χ4n) is 2.00. The van der Waals surface area contributed by atoms with Gasteiger partial charge in [-0.1, -0.05) is 35.3 Å². The van der Waals surface area contributed by atoms with Gasteiger partial charge in [-0.3, -0.25) is 0 Å². The molecule has 2 N–H and O–H groups in total. The average molecular weight is 316 g/mol. The molecule has 0 amide bonds. The Kier molecular flexibility index (Phi) is 4.74. The highest BCUT2D eigenvalue weighted by atomic mass is 35.5. The van der Waals surface area contributed by atoms with Crippen molar-refractivity contribution < 1.29 is 5.11 Å². The standard InChI is InChI=1S/C14H15Cl2NOS/c1-8(10-4-3-5-11(18)6-10)17-9(2)12-7-13(15)19-14(12)16/h3-9,17-18H,1-2H3. The van der Waals surface area contributed by atoms with Crippen LogP contribution in [0.25, 0.3) is 0 Å². The Morgan fingerprint density at radius 3 is 2.47 bits per heavy atom. The molecule has 19 heavy (non-hydrogen) atoms. The van der Waals surface area contributed by atoms with Crippen LogP contribution in [0.3, 0.4) is 0 Å². The van der Waals surface area contributed by atoms with Crippen molar-refractivity contribution in [2.45, 2.75) is 25.9 Å². The zero-order chi connectivity index (χ0) is 14.0. The molecule has 2 aromatic rings. The van der Waals surface area contributed by atoms with Gasteiger partial charge >= 0.3 is 0 Å². The number of nitrogens with one attached hydrogen (secondary N) is 1. The smallest absolute Gasteiger partial charge is 0.115 e. The summed E-state index contributed by atoms with van der Waals surface area (Å²) in [6, 6.07) is 9.32. The number of hydrogen-bond acceptors (Lipinski definition) is 3. The maximum absolute atomic E-state index is 9.50. The molecule has 1 heterocycles. The van der Waals surface area contributed by atoms with Crippen LogP contribution in [0.1, 0.15) is 37.1 Å². The Hall–Kier alpha value is -0.740. The topological polar surface area (TPSA) is 32.3 Å². The summed E-state index contributed by atoms with van der Waals surface area (Å²) >= 11 is 13.5. The lowest BCUT2D eigenvalue weighted by atomic mass is 10.1. The van der Waals surface area contributed by atoms with E-state index >= 15 is 0 Å². The van der Waals surface area contributed by atoms with Crippen molar-refractivity contribution in [2.75, 3.05) is 0 Å². The molecule has 2 atom stereocenters. The molecule has 0 aliphatic heterocycles. The van der Waals surface area contributed by atoms with Gasteiger partial charge in [-0.25, -0.2) is 0 Å². The molecule has 2 rings (SSSR count). The number of phenolic OH excluding ortho intramolecular Hbond substituents is 1. The van der Waals surface area contributed by atoms with Crippen LogP contribution >= 0.6 is 34.5 Å². The fourth-order valence-corrected chi connectivity index (χ4v) is 3.65. The Morgan fingerprint density at radius 2 is 1.89 bits per heavy atom. The molecule has 0 saturated carbocycles. The number of hydrogen-bond donors (Lipinski definition) is 2. The van der Waals surface area contributed by atoms with Crippen LogP contribution in [-0.2, 0) is 0 Å². The minimum absolute atomic E-state index is 0.0913. The van der Waals surface area contributed by atoms with Crippen LogP contribution in [0, 0.1) is 0 Å². The van der Waals surface area contributed by atoms with Crippen molar-refractivity contribution in [3.05, 3.63) is 50.1 Å². The molecular formula is C14H15Cl2NOS. The van der Waals surface area contributed by atoms with Crippen molar-refractivity contribution in [2.24, 2.45) is 0 Å². The highest BCUT2D eigenvalue weighted by Crippen LogP contribution is 2.35. The summed E-state index contributed by atoms with van der Waals surface area (Å²) in [5.41, 5.74) is 2.04. The molecule has 0 spiro atoms. The second-order valence-electron chi connectivity index (χ2n) is 4.48. The molecule has 2 nitrogen and oxygen atoms in total. The lowest BCUT2D eigenvalue weighted by molar-refractivity contribution is 0.466. The van der Waals surface area contributed by atoms with Crippen LogP contribution in [0.15, 0.2) is 30.3 Å². The summed E-state index contributed by atoms with van der Waals surface area (Å²) in [5.74, 6) is 0.274. The summed E-state index contributed by atoms with van der Waals surface area (Å²) in [6.45, 7) is 4.09. The van der Waals surface area contributed by atoms with Crippen molar-refractivity contribution >= 4 is 34.5 Å². The van der Waals surface area contributed by atoms with Gasteiger partial charge in [-0.2, -0.15) is 0 Å². The van der Waals surface area contributed by atoms with Crippen molar-refractivity contribution in [3.8, 4) is 5.75 Å². The molecule has 0 aliphatic rings. The quantitative estimate of drug-likeness (QED) is 0.815. The van der Waals surface area contributed by atoms with E-state index in [0.717, 1.165) is 11.1 Å².